The third-order valence-corrected chi connectivity index (χ3v) is 5.50. The fraction of sp³-hybridized carbons (Fsp3) is 0.231. The molecule has 7 heteroatoms. The largest absolute Gasteiger partial charge is 0.497 e. The van der Waals surface area contributed by atoms with Crippen LogP contribution in [0.1, 0.15) is 21.5 Å². The van der Waals surface area contributed by atoms with E-state index in [1.807, 2.05) is 61.5 Å². The van der Waals surface area contributed by atoms with Crippen LogP contribution in [-0.4, -0.2) is 38.1 Å². The number of methoxy groups -OCH3 is 1. The zero-order chi connectivity index (χ0) is 23.6. The number of halogens is 1. The minimum Gasteiger partial charge on any atom is -0.497 e. The van der Waals surface area contributed by atoms with Crippen LogP contribution >= 0.6 is 11.6 Å². The Morgan fingerprint density at radius 2 is 1.73 bits per heavy atom. The summed E-state index contributed by atoms with van der Waals surface area (Å²) in [4.78, 5) is 25.8. The van der Waals surface area contributed by atoms with Gasteiger partial charge in [0.2, 0.25) is 5.91 Å². The lowest BCUT2D eigenvalue weighted by Gasteiger charge is -2.20. The van der Waals surface area contributed by atoms with Gasteiger partial charge in [-0.25, -0.2) is 0 Å². The van der Waals surface area contributed by atoms with Gasteiger partial charge in [-0.1, -0.05) is 47.5 Å². The Balaban J connectivity index is 1.62. The van der Waals surface area contributed by atoms with Gasteiger partial charge in [0.05, 0.1) is 7.11 Å². The zero-order valence-corrected chi connectivity index (χ0v) is 19.5. The number of anilines is 1. The van der Waals surface area contributed by atoms with Crippen LogP contribution in [0.25, 0.3) is 0 Å². The third-order valence-electron chi connectivity index (χ3n) is 5.13. The van der Waals surface area contributed by atoms with Gasteiger partial charge in [-0.15, -0.1) is 0 Å². The summed E-state index contributed by atoms with van der Waals surface area (Å²) in [5, 5.41) is 9.56. The van der Waals surface area contributed by atoms with Crippen molar-refractivity contribution in [3.63, 3.8) is 0 Å². The van der Waals surface area contributed by atoms with E-state index in [1.165, 1.54) is 0 Å². The fourth-order valence-electron chi connectivity index (χ4n) is 3.35. The van der Waals surface area contributed by atoms with E-state index in [-0.39, 0.29) is 18.2 Å². The number of ether oxygens (including phenoxy) is 1. The first-order valence-electron chi connectivity index (χ1n) is 10.7. The lowest BCUT2D eigenvalue weighted by atomic mass is 10.0. The monoisotopic (exact) mass is 465 g/mol. The molecular formula is C26H28ClN3O3. The predicted molar refractivity (Wildman–Crippen MR) is 132 cm³/mol. The van der Waals surface area contributed by atoms with E-state index in [0.717, 1.165) is 22.6 Å². The highest BCUT2D eigenvalue weighted by Crippen LogP contribution is 2.17. The molecule has 0 unspecified atom stereocenters. The van der Waals surface area contributed by atoms with Crippen molar-refractivity contribution in [3.05, 3.63) is 94.5 Å². The first-order chi connectivity index (χ1) is 16.0. The topological polar surface area (TPSA) is 79.5 Å². The number of carbonyl (C=O) groups excluding carboxylic acids is 2. The van der Waals surface area contributed by atoms with Crippen molar-refractivity contribution in [2.75, 3.05) is 25.5 Å². The van der Waals surface area contributed by atoms with Crippen LogP contribution < -0.4 is 20.7 Å². The summed E-state index contributed by atoms with van der Waals surface area (Å²) in [5.74, 6) is 0.204. The molecule has 3 aromatic carbocycles. The van der Waals surface area contributed by atoms with Crippen molar-refractivity contribution in [2.45, 2.75) is 19.4 Å². The number of aryl methyl sites for hydroxylation is 1. The Morgan fingerprint density at radius 3 is 2.42 bits per heavy atom. The minimum atomic E-state index is -0.765. The molecule has 0 aliphatic heterocycles. The molecule has 0 aliphatic carbocycles. The SMILES string of the molecule is COc1ccc(NCCNC(=O)[C@H](Cc2ccccc2Cl)NC(=O)c2cccc(C)c2)cc1. The van der Waals surface area contributed by atoms with Crippen LogP contribution in [-0.2, 0) is 11.2 Å². The molecule has 1 atom stereocenters. The van der Waals surface area contributed by atoms with Gasteiger partial charge in [0.1, 0.15) is 11.8 Å². The Morgan fingerprint density at radius 1 is 0.970 bits per heavy atom. The highest BCUT2D eigenvalue weighted by atomic mass is 35.5. The first-order valence-corrected chi connectivity index (χ1v) is 11.1. The molecule has 2 amide bonds. The van der Waals surface area contributed by atoms with Crippen LogP contribution in [0.4, 0.5) is 5.69 Å². The third kappa shape index (κ3) is 7.26. The van der Waals surface area contributed by atoms with Gasteiger partial charge in [-0.3, -0.25) is 9.59 Å². The Hall–Kier alpha value is -3.51. The standard InChI is InChI=1S/C26H28ClN3O3/c1-18-6-5-8-20(16-18)25(31)30-24(17-19-7-3-4-9-23(19)27)26(32)29-15-14-28-21-10-12-22(33-2)13-11-21/h3-13,16,24,28H,14-15,17H2,1-2H3,(H,29,32)(H,30,31)/t24-/m0/s1. The Bertz CT molecular complexity index is 1090. The van der Waals surface area contributed by atoms with E-state index in [9.17, 15) is 9.59 Å². The lowest BCUT2D eigenvalue weighted by molar-refractivity contribution is -0.122. The number of amides is 2. The quantitative estimate of drug-likeness (QED) is 0.391. The second kappa shape index (κ2) is 11.9. The van der Waals surface area contributed by atoms with Gasteiger partial charge in [0.15, 0.2) is 0 Å². The number of rotatable bonds is 10. The highest BCUT2D eigenvalue weighted by molar-refractivity contribution is 6.31. The molecule has 0 spiro atoms. The number of carbonyl (C=O) groups is 2. The molecule has 0 aliphatic rings. The summed E-state index contributed by atoms with van der Waals surface area (Å²) >= 11 is 6.30. The van der Waals surface area contributed by atoms with E-state index >= 15 is 0 Å². The van der Waals surface area contributed by atoms with E-state index in [4.69, 9.17) is 16.3 Å². The van der Waals surface area contributed by atoms with Crippen molar-refractivity contribution in [3.8, 4) is 5.75 Å². The number of hydrogen-bond acceptors (Lipinski definition) is 4. The molecule has 0 heterocycles. The zero-order valence-electron chi connectivity index (χ0n) is 18.7. The molecule has 6 nitrogen and oxygen atoms in total. The molecule has 0 saturated carbocycles. The summed E-state index contributed by atoms with van der Waals surface area (Å²) in [6.07, 6.45) is 0.287. The maximum Gasteiger partial charge on any atom is 0.251 e. The molecule has 3 aromatic rings. The van der Waals surface area contributed by atoms with Crippen molar-refractivity contribution in [1.82, 2.24) is 10.6 Å². The second-order valence-electron chi connectivity index (χ2n) is 7.64. The van der Waals surface area contributed by atoms with E-state index in [1.54, 1.807) is 25.3 Å². The lowest BCUT2D eigenvalue weighted by Crippen LogP contribution is -2.48. The summed E-state index contributed by atoms with van der Waals surface area (Å²) in [5.41, 5.74) is 3.19. The molecule has 3 N–H and O–H groups in total. The van der Waals surface area contributed by atoms with Gasteiger partial charge in [-0.2, -0.15) is 0 Å². The van der Waals surface area contributed by atoms with Gasteiger partial charge in [-0.05, 0) is 55.0 Å². The van der Waals surface area contributed by atoms with E-state index in [2.05, 4.69) is 16.0 Å². The van der Waals surface area contributed by atoms with Crippen LogP contribution in [0.5, 0.6) is 5.75 Å². The molecule has 172 valence electrons. The molecule has 0 radical (unpaired) electrons. The van der Waals surface area contributed by atoms with Crippen LogP contribution in [0.15, 0.2) is 72.8 Å². The number of hydrogen-bond donors (Lipinski definition) is 3. The fourth-order valence-corrected chi connectivity index (χ4v) is 3.56. The predicted octanol–water partition coefficient (Wildman–Crippen LogP) is 4.23. The summed E-state index contributed by atoms with van der Waals surface area (Å²) in [6.45, 7) is 2.84. The first kappa shape index (κ1) is 24.1. The van der Waals surface area contributed by atoms with Gasteiger partial charge in [0.25, 0.3) is 5.91 Å². The van der Waals surface area contributed by atoms with Crippen molar-refractivity contribution >= 4 is 29.1 Å². The summed E-state index contributed by atoms with van der Waals surface area (Å²) in [6, 6.07) is 21.3. The number of benzene rings is 3. The Labute approximate surface area is 199 Å². The van der Waals surface area contributed by atoms with Crippen molar-refractivity contribution < 1.29 is 14.3 Å². The van der Waals surface area contributed by atoms with E-state index in [0.29, 0.717) is 23.7 Å². The molecule has 0 aromatic heterocycles. The average molecular weight is 466 g/mol. The molecule has 0 bridgehead atoms. The van der Waals surface area contributed by atoms with Crippen molar-refractivity contribution in [1.29, 1.82) is 0 Å². The molecular weight excluding hydrogens is 438 g/mol. The van der Waals surface area contributed by atoms with Crippen LogP contribution in [0.2, 0.25) is 5.02 Å². The maximum atomic E-state index is 13.0. The average Bonchev–Trinajstić information content (AvgIpc) is 2.83. The van der Waals surface area contributed by atoms with Gasteiger partial charge < -0.3 is 20.7 Å². The minimum absolute atomic E-state index is 0.271. The molecule has 33 heavy (non-hydrogen) atoms. The highest BCUT2D eigenvalue weighted by Gasteiger charge is 2.22. The summed E-state index contributed by atoms with van der Waals surface area (Å²) in [7, 11) is 1.62. The van der Waals surface area contributed by atoms with Crippen molar-refractivity contribution in [2.24, 2.45) is 0 Å². The van der Waals surface area contributed by atoms with Crippen LogP contribution in [0, 0.1) is 6.92 Å². The van der Waals surface area contributed by atoms with Crippen LogP contribution in [0.3, 0.4) is 0 Å². The van der Waals surface area contributed by atoms with Gasteiger partial charge in [0, 0.05) is 35.8 Å². The Kier molecular flexibility index (Phi) is 8.72. The molecule has 3 rings (SSSR count). The number of nitrogens with one attached hydrogen (secondary N) is 3. The molecule has 0 saturated heterocycles. The maximum absolute atomic E-state index is 13.0. The van der Waals surface area contributed by atoms with E-state index < -0.39 is 6.04 Å². The molecule has 0 fully saturated rings. The summed E-state index contributed by atoms with van der Waals surface area (Å²) < 4.78 is 5.15. The van der Waals surface area contributed by atoms with Gasteiger partial charge >= 0.3 is 0 Å². The normalized spacial score (nSPS) is 11.4. The second-order valence-corrected chi connectivity index (χ2v) is 8.04. The smallest absolute Gasteiger partial charge is 0.251 e.